The highest BCUT2D eigenvalue weighted by atomic mass is 16.2. The predicted octanol–water partition coefficient (Wildman–Crippen LogP) is 0.890. The molecule has 16 heavy (non-hydrogen) atoms. The Bertz CT molecular complexity index is 212. The molecule has 1 rings (SSSR count). The normalized spacial score (nSPS) is 27.4. The maximum Gasteiger partial charge on any atom is 0.237 e. The summed E-state index contributed by atoms with van der Waals surface area (Å²) in [6.07, 6.45) is 6.89. The third-order valence-electron chi connectivity index (χ3n) is 3.32. The van der Waals surface area contributed by atoms with Crippen molar-refractivity contribution in [2.24, 2.45) is 11.5 Å². The van der Waals surface area contributed by atoms with Gasteiger partial charge in [-0.25, -0.2) is 0 Å². The number of hydrogen-bond acceptors (Lipinski definition) is 3. The second kappa shape index (κ2) is 6.86. The highest BCUT2D eigenvalue weighted by Crippen LogP contribution is 2.17. The van der Waals surface area contributed by atoms with Gasteiger partial charge in [0.2, 0.25) is 5.91 Å². The van der Waals surface area contributed by atoms with Crippen LogP contribution in [-0.4, -0.2) is 24.0 Å². The minimum Gasteiger partial charge on any atom is -0.352 e. The van der Waals surface area contributed by atoms with Crippen LogP contribution in [0.1, 0.15) is 51.9 Å². The van der Waals surface area contributed by atoms with E-state index in [1.807, 2.05) is 0 Å². The van der Waals surface area contributed by atoms with Crippen molar-refractivity contribution in [2.75, 3.05) is 0 Å². The van der Waals surface area contributed by atoms with E-state index in [0.29, 0.717) is 12.1 Å². The van der Waals surface area contributed by atoms with Crippen molar-refractivity contribution in [3.05, 3.63) is 0 Å². The number of hydrogen-bond donors (Lipinski definition) is 3. The molecule has 1 saturated carbocycles. The monoisotopic (exact) mass is 227 g/mol. The first-order valence-corrected chi connectivity index (χ1v) is 6.45. The molecule has 0 spiro atoms. The molecule has 94 valence electrons. The van der Waals surface area contributed by atoms with E-state index in [0.717, 1.165) is 44.9 Å². The number of carbonyl (C=O) groups excluding carboxylic acids is 1. The van der Waals surface area contributed by atoms with E-state index in [4.69, 9.17) is 11.5 Å². The summed E-state index contributed by atoms with van der Waals surface area (Å²) in [5.74, 6) is 0.00826. The summed E-state index contributed by atoms with van der Waals surface area (Å²) in [7, 11) is 0. The van der Waals surface area contributed by atoms with Crippen LogP contribution in [0.15, 0.2) is 0 Å². The van der Waals surface area contributed by atoms with Gasteiger partial charge in [0.25, 0.3) is 0 Å². The molecule has 0 radical (unpaired) electrons. The Morgan fingerprint density at radius 3 is 2.56 bits per heavy atom. The van der Waals surface area contributed by atoms with Gasteiger partial charge in [-0.3, -0.25) is 4.79 Å². The largest absolute Gasteiger partial charge is 0.352 e. The summed E-state index contributed by atoms with van der Waals surface area (Å²) in [5, 5.41) is 3.03. The zero-order valence-corrected chi connectivity index (χ0v) is 10.2. The predicted molar refractivity (Wildman–Crippen MR) is 65.9 cm³/mol. The Balaban J connectivity index is 2.22. The quantitative estimate of drug-likeness (QED) is 0.652. The molecule has 0 heterocycles. The molecule has 0 aromatic carbocycles. The fourth-order valence-electron chi connectivity index (χ4n) is 2.13. The Morgan fingerprint density at radius 1 is 1.38 bits per heavy atom. The SMILES string of the molecule is CCCCC(N)C(=O)NC1CCC(N)CC1. The molecule has 0 bridgehead atoms. The summed E-state index contributed by atoms with van der Waals surface area (Å²) in [4.78, 5) is 11.7. The van der Waals surface area contributed by atoms with Crippen molar-refractivity contribution in [1.29, 1.82) is 0 Å². The average molecular weight is 227 g/mol. The van der Waals surface area contributed by atoms with Crippen LogP contribution in [0.2, 0.25) is 0 Å². The highest BCUT2D eigenvalue weighted by molar-refractivity contribution is 5.81. The fraction of sp³-hybridized carbons (Fsp3) is 0.917. The van der Waals surface area contributed by atoms with Crippen LogP contribution in [0.5, 0.6) is 0 Å². The van der Waals surface area contributed by atoms with Crippen molar-refractivity contribution >= 4 is 5.91 Å². The maximum atomic E-state index is 11.7. The smallest absolute Gasteiger partial charge is 0.237 e. The van der Waals surface area contributed by atoms with E-state index in [1.54, 1.807) is 0 Å². The summed E-state index contributed by atoms with van der Waals surface area (Å²) in [6, 6.07) is 0.275. The van der Waals surface area contributed by atoms with Gasteiger partial charge in [0, 0.05) is 12.1 Å². The number of unbranched alkanes of at least 4 members (excludes halogenated alkanes) is 1. The van der Waals surface area contributed by atoms with E-state index in [-0.39, 0.29) is 11.9 Å². The van der Waals surface area contributed by atoms with Gasteiger partial charge < -0.3 is 16.8 Å². The van der Waals surface area contributed by atoms with Gasteiger partial charge in [-0.1, -0.05) is 19.8 Å². The first-order chi connectivity index (χ1) is 7.63. The lowest BCUT2D eigenvalue weighted by Gasteiger charge is -2.27. The fourth-order valence-corrected chi connectivity index (χ4v) is 2.13. The second-order valence-corrected chi connectivity index (χ2v) is 4.87. The van der Waals surface area contributed by atoms with Gasteiger partial charge >= 0.3 is 0 Å². The number of amides is 1. The number of rotatable bonds is 5. The van der Waals surface area contributed by atoms with E-state index in [9.17, 15) is 4.79 Å². The zero-order chi connectivity index (χ0) is 12.0. The summed E-state index contributed by atoms with van der Waals surface area (Å²) < 4.78 is 0. The zero-order valence-electron chi connectivity index (χ0n) is 10.2. The van der Waals surface area contributed by atoms with Gasteiger partial charge in [-0.2, -0.15) is 0 Å². The summed E-state index contributed by atoms with van der Waals surface area (Å²) >= 11 is 0. The summed E-state index contributed by atoms with van der Waals surface area (Å²) in [5.41, 5.74) is 11.6. The van der Waals surface area contributed by atoms with Crippen LogP contribution in [0, 0.1) is 0 Å². The van der Waals surface area contributed by atoms with Gasteiger partial charge in [-0.05, 0) is 32.1 Å². The molecule has 0 saturated heterocycles. The third kappa shape index (κ3) is 4.49. The Kier molecular flexibility index (Phi) is 5.77. The molecular weight excluding hydrogens is 202 g/mol. The minimum atomic E-state index is -0.337. The van der Waals surface area contributed by atoms with Crippen molar-refractivity contribution in [3.63, 3.8) is 0 Å². The molecule has 4 nitrogen and oxygen atoms in total. The topological polar surface area (TPSA) is 81.1 Å². The molecule has 4 heteroatoms. The third-order valence-corrected chi connectivity index (χ3v) is 3.32. The van der Waals surface area contributed by atoms with Crippen molar-refractivity contribution < 1.29 is 4.79 Å². The summed E-state index contributed by atoms with van der Waals surface area (Å²) in [6.45, 7) is 2.10. The van der Waals surface area contributed by atoms with Crippen LogP contribution in [0.4, 0.5) is 0 Å². The lowest BCUT2D eigenvalue weighted by Crippen LogP contribution is -2.47. The van der Waals surface area contributed by atoms with Gasteiger partial charge in [0.15, 0.2) is 0 Å². The van der Waals surface area contributed by atoms with E-state index >= 15 is 0 Å². The molecule has 5 N–H and O–H groups in total. The number of carbonyl (C=O) groups is 1. The van der Waals surface area contributed by atoms with E-state index in [1.165, 1.54) is 0 Å². The van der Waals surface area contributed by atoms with Crippen LogP contribution >= 0.6 is 0 Å². The molecule has 1 amide bonds. The maximum absolute atomic E-state index is 11.7. The van der Waals surface area contributed by atoms with Crippen molar-refractivity contribution in [1.82, 2.24) is 5.32 Å². The molecule has 1 aliphatic carbocycles. The lowest BCUT2D eigenvalue weighted by atomic mass is 9.91. The minimum absolute atomic E-state index is 0.00826. The molecule has 0 aromatic heterocycles. The molecule has 1 atom stereocenters. The molecule has 1 unspecified atom stereocenters. The molecule has 0 aromatic rings. The molecule has 0 aliphatic heterocycles. The second-order valence-electron chi connectivity index (χ2n) is 4.87. The molecule has 1 aliphatic rings. The lowest BCUT2D eigenvalue weighted by molar-refractivity contribution is -0.123. The number of nitrogens with two attached hydrogens (primary N) is 2. The Hall–Kier alpha value is -0.610. The number of nitrogens with one attached hydrogen (secondary N) is 1. The van der Waals surface area contributed by atoms with E-state index in [2.05, 4.69) is 12.2 Å². The molecular formula is C12H25N3O. The van der Waals surface area contributed by atoms with Crippen molar-refractivity contribution in [3.8, 4) is 0 Å². The average Bonchev–Trinajstić information content (AvgIpc) is 2.29. The van der Waals surface area contributed by atoms with Crippen LogP contribution in [-0.2, 0) is 4.79 Å². The van der Waals surface area contributed by atoms with Gasteiger partial charge in [0.1, 0.15) is 0 Å². The van der Waals surface area contributed by atoms with Crippen LogP contribution in [0.3, 0.4) is 0 Å². The van der Waals surface area contributed by atoms with Gasteiger partial charge in [-0.15, -0.1) is 0 Å². The highest BCUT2D eigenvalue weighted by Gasteiger charge is 2.22. The van der Waals surface area contributed by atoms with Crippen LogP contribution < -0.4 is 16.8 Å². The van der Waals surface area contributed by atoms with Gasteiger partial charge in [0.05, 0.1) is 6.04 Å². The first kappa shape index (κ1) is 13.5. The van der Waals surface area contributed by atoms with Crippen molar-refractivity contribution in [2.45, 2.75) is 70.0 Å². The van der Waals surface area contributed by atoms with E-state index < -0.39 is 0 Å². The van der Waals surface area contributed by atoms with Crippen LogP contribution in [0.25, 0.3) is 0 Å². The Labute approximate surface area is 98.1 Å². The standard InChI is InChI=1S/C12H25N3O/c1-2-3-4-11(14)12(16)15-10-7-5-9(13)6-8-10/h9-11H,2-8,13-14H2,1H3,(H,15,16). The Morgan fingerprint density at radius 2 is 2.00 bits per heavy atom. The molecule has 1 fully saturated rings. The first-order valence-electron chi connectivity index (χ1n) is 6.45.